The van der Waals surface area contributed by atoms with Crippen molar-refractivity contribution in [1.82, 2.24) is 10.2 Å². The quantitative estimate of drug-likeness (QED) is 0.871. The average molecular weight is 298 g/mol. The van der Waals surface area contributed by atoms with E-state index in [1.807, 2.05) is 0 Å². The zero-order valence-corrected chi connectivity index (χ0v) is 11.7. The lowest BCUT2D eigenvalue weighted by Crippen LogP contribution is -2.46. The summed E-state index contributed by atoms with van der Waals surface area (Å²) < 4.78 is 5.21. The second-order valence-corrected chi connectivity index (χ2v) is 4.94. The highest BCUT2D eigenvalue weighted by molar-refractivity contribution is 6.31. The van der Waals surface area contributed by atoms with Gasteiger partial charge in [-0.2, -0.15) is 0 Å². The lowest BCUT2D eigenvalue weighted by molar-refractivity contribution is 0.0918. The lowest BCUT2D eigenvalue weighted by atomic mass is 10.1. The largest absolute Gasteiger partial charge is 0.445 e. The van der Waals surface area contributed by atoms with Crippen molar-refractivity contribution >= 4 is 23.6 Å². The highest BCUT2D eigenvalue weighted by Gasteiger charge is 2.17. The number of halogens is 1. The molecule has 1 aromatic carbocycles. The van der Waals surface area contributed by atoms with Gasteiger partial charge in [-0.05, 0) is 23.8 Å². The molecule has 1 heterocycles. The molecule has 1 aromatic rings. The molecule has 0 unspecified atom stereocenters. The van der Waals surface area contributed by atoms with E-state index < -0.39 is 5.91 Å². The van der Waals surface area contributed by atoms with Crippen LogP contribution in [-0.2, 0) is 11.3 Å². The summed E-state index contributed by atoms with van der Waals surface area (Å²) in [4.78, 5) is 24.6. The summed E-state index contributed by atoms with van der Waals surface area (Å²) in [7, 11) is 0. The number of primary amides is 1. The molecule has 0 spiro atoms. The third kappa shape index (κ3) is 3.85. The van der Waals surface area contributed by atoms with Crippen LogP contribution in [0, 0.1) is 0 Å². The van der Waals surface area contributed by atoms with Crippen LogP contribution in [0.3, 0.4) is 0 Å². The van der Waals surface area contributed by atoms with Crippen LogP contribution in [0.2, 0.25) is 5.02 Å². The van der Waals surface area contributed by atoms with Crippen molar-refractivity contribution in [2.75, 3.05) is 26.2 Å². The van der Waals surface area contributed by atoms with E-state index in [2.05, 4.69) is 5.32 Å². The number of rotatable bonds is 3. The number of piperazine rings is 1. The van der Waals surface area contributed by atoms with Crippen LogP contribution in [0.25, 0.3) is 0 Å². The SMILES string of the molecule is NC(=O)c1cc(Cl)cc(COC(=O)N2CCNCC2)c1. The second-order valence-electron chi connectivity index (χ2n) is 4.50. The van der Waals surface area contributed by atoms with Gasteiger partial charge in [-0.15, -0.1) is 0 Å². The average Bonchev–Trinajstić information content (AvgIpc) is 2.45. The molecule has 7 heteroatoms. The van der Waals surface area contributed by atoms with Gasteiger partial charge in [0.1, 0.15) is 6.61 Å². The molecule has 0 aromatic heterocycles. The smallest absolute Gasteiger partial charge is 0.410 e. The van der Waals surface area contributed by atoms with E-state index in [1.54, 1.807) is 17.0 Å². The Labute approximate surface area is 121 Å². The Hall–Kier alpha value is -1.79. The van der Waals surface area contributed by atoms with Gasteiger partial charge in [-0.1, -0.05) is 11.6 Å². The van der Waals surface area contributed by atoms with Crippen LogP contribution in [0.4, 0.5) is 4.79 Å². The van der Waals surface area contributed by atoms with Crippen LogP contribution in [0.1, 0.15) is 15.9 Å². The summed E-state index contributed by atoms with van der Waals surface area (Å²) in [5.41, 5.74) is 6.13. The van der Waals surface area contributed by atoms with Gasteiger partial charge in [-0.3, -0.25) is 4.79 Å². The van der Waals surface area contributed by atoms with Gasteiger partial charge < -0.3 is 20.7 Å². The summed E-state index contributed by atoms with van der Waals surface area (Å²) in [5.74, 6) is -0.567. The Morgan fingerprint density at radius 2 is 2.00 bits per heavy atom. The molecular weight excluding hydrogens is 282 g/mol. The van der Waals surface area contributed by atoms with Crippen LogP contribution < -0.4 is 11.1 Å². The first-order valence-corrected chi connectivity index (χ1v) is 6.66. The van der Waals surface area contributed by atoms with Crippen molar-refractivity contribution in [3.05, 3.63) is 34.3 Å². The molecule has 3 N–H and O–H groups in total. The molecule has 20 heavy (non-hydrogen) atoms. The number of benzene rings is 1. The normalized spacial score (nSPS) is 14.9. The van der Waals surface area contributed by atoms with Crippen LogP contribution in [0.15, 0.2) is 18.2 Å². The highest BCUT2D eigenvalue weighted by atomic mass is 35.5. The number of hydrogen-bond donors (Lipinski definition) is 2. The Balaban J connectivity index is 1.96. The number of carbonyl (C=O) groups is 2. The van der Waals surface area contributed by atoms with Crippen molar-refractivity contribution in [2.24, 2.45) is 5.73 Å². The van der Waals surface area contributed by atoms with Gasteiger partial charge in [0.05, 0.1) is 0 Å². The van der Waals surface area contributed by atoms with Gasteiger partial charge in [0.15, 0.2) is 0 Å². The molecule has 0 saturated carbocycles. The van der Waals surface area contributed by atoms with Crippen molar-refractivity contribution in [3.8, 4) is 0 Å². The number of nitrogens with zero attached hydrogens (tertiary/aromatic N) is 1. The zero-order valence-electron chi connectivity index (χ0n) is 10.9. The minimum Gasteiger partial charge on any atom is -0.445 e. The van der Waals surface area contributed by atoms with Gasteiger partial charge in [-0.25, -0.2) is 4.79 Å². The predicted octanol–water partition coefficient (Wildman–Crippen LogP) is 0.981. The highest BCUT2D eigenvalue weighted by Crippen LogP contribution is 2.16. The fourth-order valence-electron chi connectivity index (χ4n) is 1.96. The van der Waals surface area contributed by atoms with Gasteiger partial charge in [0.2, 0.25) is 5.91 Å². The van der Waals surface area contributed by atoms with E-state index >= 15 is 0 Å². The standard InChI is InChI=1S/C13H16ClN3O3/c14-11-6-9(5-10(7-11)12(15)18)8-20-13(19)17-3-1-16-2-4-17/h5-7,16H,1-4,8H2,(H2,15,18). The van der Waals surface area contributed by atoms with Crippen molar-refractivity contribution < 1.29 is 14.3 Å². The van der Waals surface area contributed by atoms with E-state index in [9.17, 15) is 9.59 Å². The minimum atomic E-state index is -0.567. The first kappa shape index (κ1) is 14.6. The lowest BCUT2D eigenvalue weighted by Gasteiger charge is -2.26. The molecule has 0 atom stereocenters. The van der Waals surface area contributed by atoms with E-state index in [0.717, 1.165) is 13.1 Å². The van der Waals surface area contributed by atoms with Crippen LogP contribution >= 0.6 is 11.6 Å². The number of ether oxygens (including phenoxy) is 1. The third-order valence-corrected chi connectivity index (χ3v) is 3.20. The molecule has 6 nitrogen and oxygen atoms in total. The Kier molecular flexibility index (Phi) is 4.81. The maximum Gasteiger partial charge on any atom is 0.410 e. The molecule has 0 aliphatic carbocycles. The zero-order chi connectivity index (χ0) is 14.5. The number of amides is 2. The summed E-state index contributed by atoms with van der Waals surface area (Å²) >= 11 is 5.89. The minimum absolute atomic E-state index is 0.0591. The molecule has 1 saturated heterocycles. The predicted molar refractivity (Wildman–Crippen MR) is 74.6 cm³/mol. The summed E-state index contributed by atoms with van der Waals surface area (Å²) in [6.07, 6.45) is -0.368. The van der Waals surface area contributed by atoms with Gasteiger partial charge in [0.25, 0.3) is 0 Å². The third-order valence-electron chi connectivity index (χ3n) is 2.98. The van der Waals surface area contributed by atoms with E-state index in [4.69, 9.17) is 22.1 Å². The monoisotopic (exact) mass is 297 g/mol. The van der Waals surface area contributed by atoms with E-state index in [-0.39, 0.29) is 12.7 Å². The topological polar surface area (TPSA) is 84.7 Å². The molecule has 1 aliphatic rings. The number of nitrogens with one attached hydrogen (secondary N) is 1. The molecule has 1 fully saturated rings. The van der Waals surface area contributed by atoms with Crippen molar-refractivity contribution in [3.63, 3.8) is 0 Å². The first-order chi connectivity index (χ1) is 9.56. The maximum absolute atomic E-state index is 11.8. The molecule has 1 aliphatic heterocycles. The number of carbonyl (C=O) groups excluding carboxylic acids is 2. The summed E-state index contributed by atoms with van der Waals surface area (Å²) in [6.45, 7) is 2.83. The fraction of sp³-hybridized carbons (Fsp3) is 0.385. The Morgan fingerprint density at radius 1 is 1.30 bits per heavy atom. The number of nitrogens with two attached hydrogens (primary N) is 1. The summed E-state index contributed by atoms with van der Waals surface area (Å²) in [6, 6.07) is 4.68. The Bertz CT molecular complexity index is 516. The molecular formula is C13H16ClN3O3. The molecule has 2 amide bonds. The second kappa shape index (κ2) is 6.58. The van der Waals surface area contributed by atoms with Gasteiger partial charge >= 0.3 is 6.09 Å². The van der Waals surface area contributed by atoms with Crippen molar-refractivity contribution in [1.29, 1.82) is 0 Å². The van der Waals surface area contributed by atoms with Crippen molar-refractivity contribution in [2.45, 2.75) is 6.61 Å². The van der Waals surface area contributed by atoms with Crippen LogP contribution in [-0.4, -0.2) is 43.1 Å². The number of hydrogen-bond acceptors (Lipinski definition) is 4. The molecule has 108 valence electrons. The fourth-order valence-corrected chi connectivity index (χ4v) is 2.22. The van der Waals surface area contributed by atoms with Gasteiger partial charge in [0, 0.05) is 36.8 Å². The molecule has 0 bridgehead atoms. The molecule has 2 rings (SSSR count). The molecule has 0 radical (unpaired) electrons. The van der Waals surface area contributed by atoms with E-state index in [1.165, 1.54) is 6.07 Å². The Morgan fingerprint density at radius 3 is 2.65 bits per heavy atom. The maximum atomic E-state index is 11.8. The van der Waals surface area contributed by atoms with Crippen LogP contribution in [0.5, 0.6) is 0 Å². The summed E-state index contributed by atoms with van der Waals surface area (Å²) in [5, 5.41) is 3.54. The first-order valence-electron chi connectivity index (χ1n) is 6.28. The van der Waals surface area contributed by atoms with E-state index in [0.29, 0.717) is 29.2 Å².